The summed E-state index contributed by atoms with van der Waals surface area (Å²) in [5.74, 6) is -2.89. The number of nitrogens with zero attached hydrogens (tertiary/aromatic N) is 2. The molecule has 0 fully saturated rings. The highest BCUT2D eigenvalue weighted by atomic mass is 32.2. The lowest BCUT2D eigenvalue weighted by Gasteiger charge is -2.13. The number of aliphatic carboxylic acids is 1. The molecule has 1 unspecified atom stereocenters. The summed E-state index contributed by atoms with van der Waals surface area (Å²) >= 11 is 2.30. The van der Waals surface area contributed by atoms with E-state index in [1.165, 1.54) is 34.9 Å². The molecule has 1 aromatic carbocycles. The third-order valence-corrected chi connectivity index (χ3v) is 7.34. The molecule has 0 spiro atoms. The van der Waals surface area contributed by atoms with E-state index in [1.54, 1.807) is 0 Å². The van der Waals surface area contributed by atoms with Crippen LogP contribution in [0.25, 0.3) is 15.9 Å². The Morgan fingerprint density at radius 1 is 1.25 bits per heavy atom. The fourth-order valence-corrected chi connectivity index (χ4v) is 5.23. The van der Waals surface area contributed by atoms with E-state index < -0.39 is 34.1 Å². The number of phenolic OH excluding ortho intramolecular Hbond substituents is 1. The molecule has 7 nitrogen and oxygen atoms in total. The lowest BCUT2D eigenvalue weighted by molar-refractivity contribution is -0.136. The zero-order valence-corrected chi connectivity index (χ0v) is 18.8. The van der Waals surface area contributed by atoms with Crippen molar-refractivity contribution in [2.45, 2.75) is 30.9 Å². The molecule has 0 aliphatic carbocycles. The minimum atomic E-state index is -1.07. The summed E-state index contributed by atoms with van der Waals surface area (Å²) in [4.78, 5) is 44.2. The molecule has 0 radical (unpaired) electrons. The number of carboxylic acid groups (broad SMARTS) is 1. The van der Waals surface area contributed by atoms with E-state index >= 15 is 0 Å². The lowest BCUT2D eigenvalue weighted by atomic mass is 10.0. The quantitative estimate of drug-likeness (QED) is 0.331. The van der Waals surface area contributed by atoms with Crippen LogP contribution in [0.4, 0.5) is 4.39 Å². The second kappa shape index (κ2) is 8.03. The number of carbonyl (C=O) groups excluding carboxylic acids is 1. The predicted molar refractivity (Wildman–Crippen MR) is 121 cm³/mol. The Kier molecular flexibility index (Phi) is 5.51. The summed E-state index contributed by atoms with van der Waals surface area (Å²) < 4.78 is 14.9. The fourth-order valence-electron chi connectivity index (χ4n) is 3.28. The molecular weight excluding hydrogens is 455 g/mol. The SMILES string of the molecule is Cc1sc2nc3c(SC(C)C(=O)O)cc(C(=O)c4cc(F)ccc4O)cn3c(=O)c2c1C. The van der Waals surface area contributed by atoms with Gasteiger partial charge in [-0.2, -0.15) is 0 Å². The predicted octanol–water partition coefficient (Wildman–Crippen LogP) is 4.17. The van der Waals surface area contributed by atoms with Gasteiger partial charge in [-0.25, -0.2) is 9.37 Å². The second-order valence-corrected chi connectivity index (χ2v) is 9.84. The molecule has 1 atom stereocenters. The molecule has 2 N–H and O–H groups in total. The number of carboxylic acids is 1. The molecule has 0 bridgehead atoms. The fraction of sp³-hybridized carbons (Fsp3) is 0.182. The average Bonchev–Trinajstić information content (AvgIpc) is 3.03. The summed E-state index contributed by atoms with van der Waals surface area (Å²) in [5.41, 5.74) is 0.337. The highest BCUT2D eigenvalue weighted by Gasteiger charge is 2.23. The second-order valence-electron chi connectivity index (χ2n) is 7.26. The molecule has 3 aromatic heterocycles. The van der Waals surface area contributed by atoms with Crippen molar-refractivity contribution < 1.29 is 24.2 Å². The highest BCUT2D eigenvalue weighted by molar-refractivity contribution is 8.00. The average molecular weight is 473 g/mol. The summed E-state index contributed by atoms with van der Waals surface area (Å²) in [7, 11) is 0. The van der Waals surface area contributed by atoms with Gasteiger partial charge in [0, 0.05) is 16.6 Å². The van der Waals surface area contributed by atoms with E-state index in [2.05, 4.69) is 4.98 Å². The van der Waals surface area contributed by atoms with Crippen molar-refractivity contribution >= 4 is 50.7 Å². The van der Waals surface area contributed by atoms with Gasteiger partial charge in [0.2, 0.25) is 0 Å². The van der Waals surface area contributed by atoms with Gasteiger partial charge in [-0.3, -0.25) is 18.8 Å². The van der Waals surface area contributed by atoms with Crippen LogP contribution in [-0.4, -0.2) is 36.6 Å². The van der Waals surface area contributed by atoms with Crippen molar-refractivity contribution in [1.29, 1.82) is 0 Å². The number of hydrogen-bond acceptors (Lipinski definition) is 7. The number of pyridine rings is 1. The topological polar surface area (TPSA) is 109 Å². The van der Waals surface area contributed by atoms with Crippen molar-refractivity contribution in [3.63, 3.8) is 0 Å². The van der Waals surface area contributed by atoms with Gasteiger partial charge in [-0.1, -0.05) is 0 Å². The Balaban J connectivity index is 2.03. The van der Waals surface area contributed by atoms with Crippen LogP contribution < -0.4 is 5.56 Å². The van der Waals surface area contributed by atoms with Gasteiger partial charge in [0.25, 0.3) is 5.56 Å². The molecule has 32 heavy (non-hydrogen) atoms. The van der Waals surface area contributed by atoms with Gasteiger partial charge in [-0.15, -0.1) is 23.1 Å². The first kappa shape index (κ1) is 22.0. The van der Waals surface area contributed by atoms with E-state index in [4.69, 9.17) is 0 Å². The molecule has 0 saturated carbocycles. The third kappa shape index (κ3) is 3.65. The van der Waals surface area contributed by atoms with Crippen LogP contribution >= 0.6 is 23.1 Å². The largest absolute Gasteiger partial charge is 0.507 e. The molecule has 0 aliphatic heterocycles. The minimum absolute atomic E-state index is 0.00802. The normalized spacial score (nSPS) is 12.4. The maximum atomic E-state index is 13.7. The Labute approximate surface area is 189 Å². The number of aryl methyl sites for hydroxylation is 2. The number of thiophene rings is 1. The van der Waals surface area contributed by atoms with Gasteiger partial charge >= 0.3 is 5.97 Å². The van der Waals surface area contributed by atoms with Gasteiger partial charge in [0.15, 0.2) is 11.4 Å². The minimum Gasteiger partial charge on any atom is -0.507 e. The van der Waals surface area contributed by atoms with Crippen molar-refractivity contribution in [1.82, 2.24) is 9.38 Å². The van der Waals surface area contributed by atoms with Gasteiger partial charge in [0.1, 0.15) is 21.6 Å². The maximum absolute atomic E-state index is 13.7. The summed E-state index contributed by atoms with van der Waals surface area (Å²) in [5, 5.41) is 18.9. The zero-order valence-electron chi connectivity index (χ0n) is 17.2. The van der Waals surface area contributed by atoms with E-state index in [-0.39, 0.29) is 16.8 Å². The first-order valence-corrected chi connectivity index (χ1v) is 11.2. The number of carbonyl (C=O) groups is 2. The number of thioether (sulfide) groups is 1. The van der Waals surface area contributed by atoms with Gasteiger partial charge in [-0.05, 0) is 50.6 Å². The Bertz CT molecular complexity index is 1490. The number of aromatic nitrogens is 2. The smallest absolute Gasteiger partial charge is 0.316 e. The first-order valence-electron chi connectivity index (χ1n) is 9.47. The Morgan fingerprint density at radius 2 is 1.97 bits per heavy atom. The molecule has 4 rings (SSSR count). The number of fused-ring (bicyclic) bond motifs is 2. The first-order chi connectivity index (χ1) is 15.1. The number of hydrogen-bond donors (Lipinski definition) is 2. The highest BCUT2D eigenvalue weighted by Crippen LogP contribution is 2.32. The molecule has 164 valence electrons. The summed E-state index contributed by atoms with van der Waals surface area (Å²) in [6.45, 7) is 5.17. The van der Waals surface area contributed by atoms with Crippen LogP contribution in [0.3, 0.4) is 0 Å². The van der Waals surface area contributed by atoms with Crippen LogP contribution in [0.2, 0.25) is 0 Å². The Morgan fingerprint density at radius 3 is 2.66 bits per heavy atom. The standard InChI is InChI=1S/C22H17FN2O5S2/c1-9-10(2)32-20-17(9)21(28)25-8-12(18(27)14-7-13(23)4-5-15(14)26)6-16(19(25)24-20)31-11(3)22(29)30/h4-8,11,26H,1-3H3,(H,29,30). The van der Waals surface area contributed by atoms with E-state index in [0.29, 0.717) is 15.1 Å². The lowest BCUT2D eigenvalue weighted by Crippen LogP contribution is -2.19. The number of phenols is 1. The molecule has 0 amide bonds. The molecule has 0 aliphatic rings. The van der Waals surface area contributed by atoms with E-state index in [0.717, 1.165) is 40.4 Å². The van der Waals surface area contributed by atoms with E-state index in [1.807, 2.05) is 13.8 Å². The maximum Gasteiger partial charge on any atom is 0.316 e. The van der Waals surface area contributed by atoms with Crippen molar-refractivity contribution in [3.05, 3.63) is 68.2 Å². The van der Waals surface area contributed by atoms with Crippen LogP contribution in [0.5, 0.6) is 5.75 Å². The zero-order chi connectivity index (χ0) is 23.3. The van der Waals surface area contributed by atoms with Crippen molar-refractivity contribution in [2.24, 2.45) is 0 Å². The Hall–Kier alpha value is -3.24. The third-order valence-electron chi connectivity index (χ3n) is 5.13. The van der Waals surface area contributed by atoms with Gasteiger partial charge in [0.05, 0.1) is 15.8 Å². The number of ketones is 1. The van der Waals surface area contributed by atoms with Crippen molar-refractivity contribution in [3.8, 4) is 5.75 Å². The summed E-state index contributed by atoms with van der Waals surface area (Å²) in [6.07, 6.45) is 1.29. The number of aromatic hydroxyl groups is 1. The number of rotatable bonds is 5. The number of benzene rings is 1. The van der Waals surface area contributed by atoms with Gasteiger partial charge < -0.3 is 10.2 Å². The molecule has 10 heteroatoms. The molecule has 3 heterocycles. The summed E-state index contributed by atoms with van der Waals surface area (Å²) in [6, 6.07) is 4.42. The van der Waals surface area contributed by atoms with E-state index in [9.17, 15) is 29.0 Å². The number of halogens is 1. The van der Waals surface area contributed by atoms with Crippen LogP contribution in [-0.2, 0) is 4.79 Å². The molecule has 0 saturated heterocycles. The monoisotopic (exact) mass is 472 g/mol. The van der Waals surface area contributed by atoms with Crippen LogP contribution in [0.1, 0.15) is 33.3 Å². The van der Waals surface area contributed by atoms with Crippen LogP contribution in [0.15, 0.2) is 40.2 Å². The van der Waals surface area contributed by atoms with Crippen LogP contribution in [0, 0.1) is 19.7 Å². The van der Waals surface area contributed by atoms with Crippen molar-refractivity contribution in [2.75, 3.05) is 0 Å². The molecule has 4 aromatic rings. The molecular formula is C22H17FN2O5S2.